The van der Waals surface area contributed by atoms with E-state index in [1.807, 2.05) is 60.8 Å². The minimum absolute atomic E-state index is 0.0522. The molecule has 0 radical (unpaired) electrons. The van der Waals surface area contributed by atoms with Gasteiger partial charge in [0.1, 0.15) is 5.84 Å². The van der Waals surface area contributed by atoms with Crippen LogP contribution in [-0.4, -0.2) is 29.5 Å². The predicted octanol–water partition coefficient (Wildman–Crippen LogP) is 4.30. The van der Waals surface area contributed by atoms with Gasteiger partial charge >= 0.3 is 6.09 Å². The minimum atomic E-state index is -0.692. The Kier molecular flexibility index (Phi) is 6.50. The molecule has 166 valence electrons. The lowest BCUT2D eigenvalue weighted by Gasteiger charge is -2.08. The van der Waals surface area contributed by atoms with Crippen molar-refractivity contribution in [1.82, 2.24) is 15.2 Å². The molecule has 2 amide bonds. The summed E-state index contributed by atoms with van der Waals surface area (Å²) in [7, 11) is 1.24. The zero-order chi connectivity index (χ0) is 23.2. The van der Waals surface area contributed by atoms with Crippen molar-refractivity contribution in [3.63, 3.8) is 0 Å². The average Bonchev–Trinajstić information content (AvgIpc) is 3.22. The van der Waals surface area contributed by atoms with Gasteiger partial charge in [-0.25, -0.2) is 4.79 Å². The molecule has 0 saturated carbocycles. The molecule has 0 saturated heterocycles. The predicted molar refractivity (Wildman–Crippen MR) is 127 cm³/mol. The number of ether oxygens (including phenoxy) is 1. The van der Waals surface area contributed by atoms with Gasteiger partial charge < -0.3 is 14.6 Å². The van der Waals surface area contributed by atoms with E-state index in [0.29, 0.717) is 24.2 Å². The molecule has 1 aromatic heterocycles. The summed E-state index contributed by atoms with van der Waals surface area (Å²) in [6.45, 7) is 1.02. The highest BCUT2D eigenvalue weighted by molar-refractivity contribution is 6.07. The molecular formula is C26H24N4O3. The van der Waals surface area contributed by atoms with Crippen molar-refractivity contribution >= 4 is 28.7 Å². The fraction of sp³-hybridized carbons (Fsp3) is 0.115. The Hall–Kier alpha value is -4.39. The third-order valence-corrected chi connectivity index (χ3v) is 5.34. The first kappa shape index (κ1) is 21.8. The molecule has 4 aromatic rings. The molecule has 3 aromatic carbocycles. The lowest BCUT2D eigenvalue weighted by molar-refractivity contribution is 0.0952. The number of hydrogen-bond donors (Lipinski definition) is 3. The number of carbonyl (C=O) groups is 2. The maximum absolute atomic E-state index is 13.0. The number of alkyl carbamates (subject to hydrolysis) is 1. The number of amides is 2. The largest absolute Gasteiger partial charge is 0.453 e. The maximum Gasteiger partial charge on any atom is 0.412 e. The minimum Gasteiger partial charge on any atom is -0.453 e. The van der Waals surface area contributed by atoms with Gasteiger partial charge in [-0.05, 0) is 17.2 Å². The van der Waals surface area contributed by atoms with E-state index in [4.69, 9.17) is 5.41 Å². The van der Waals surface area contributed by atoms with Crippen LogP contribution in [0, 0.1) is 5.41 Å². The molecule has 0 spiro atoms. The normalized spacial score (nSPS) is 10.6. The number of hydrogen-bond acceptors (Lipinski definition) is 4. The number of nitrogens with one attached hydrogen (secondary N) is 3. The number of amidine groups is 1. The second-order valence-electron chi connectivity index (χ2n) is 7.54. The second kappa shape index (κ2) is 9.82. The molecule has 7 heteroatoms. The fourth-order valence-electron chi connectivity index (χ4n) is 3.63. The van der Waals surface area contributed by atoms with E-state index >= 15 is 0 Å². The van der Waals surface area contributed by atoms with Crippen LogP contribution in [0.4, 0.5) is 4.79 Å². The van der Waals surface area contributed by atoms with Gasteiger partial charge in [-0.15, -0.1) is 0 Å². The molecule has 7 nitrogen and oxygen atoms in total. The van der Waals surface area contributed by atoms with Gasteiger partial charge in [-0.1, -0.05) is 72.8 Å². The summed E-state index contributed by atoms with van der Waals surface area (Å²) < 4.78 is 6.59. The maximum atomic E-state index is 13.0. The Balaban J connectivity index is 1.46. The number of para-hydroxylation sites is 1. The lowest BCUT2D eigenvalue weighted by Crippen LogP contribution is -2.30. The van der Waals surface area contributed by atoms with Crippen molar-refractivity contribution in [2.75, 3.05) is 7.11 Å². The van der Waals surface area contributed by atoms with Crippen LogP contribution in [0.2, 0.25) is 0 Å². The molecule has 1 heterocycles. The molecule has 0 aliphatic heterocycles. The van der Waals surface area contributed by atoms with E-state index in [0.717, 1.165) is 22.0 Å². The van der Waals surface area contributed by atoms with Crippen molar-refractivity contribution in [2.24, 2.45) is 0 Å². The number of aromatic nitrogens is 1. The van der Waals surface area contributed by atoms with Gasteiger partial charge in [0.25, 0.3) is 5.91 Å². The number of carbonyl (C=O) groups excluding carboxylic acids is 2. The molecule has 3 N–H and O–H groups in total. The van der Waals surface area contributed by atoms with Gasteiger partial charge in [0.05, 0.1) is 12.7 Å². The molecule has 0 bridgehead atoms. The highest BCUT2D eigenvalue weighted by Crippen LogP contribution is 2.22. The van der Waals surface area contributed by atoms with Gasteiger partial charge in [-0.2, -0.15) is 0 Å². The Morgan fingerprint density at radius 3 is 2.33 bits per heavy atom. The fourth-order valence-corrected chi connectivity index (χ4v) is 3.63. The van der Waals surface area contributed by atoms with E-state index in [9.17, 15) is 9.59 Å². The average molecular weight is 441 g/mol. The highest BCUT2D eigenvalue weighted by Gasteiger charge is 2.15. The zero-order valence-corrected chi connectivity index (χ0v) is 18.2. The van der Waals surface area contributed by atoms with E-state index in [2.05, 4.69) is 32.1 Å². The molecule has 0 atom stereocenters. The van der Waals surface area contributed by atoms with Crippen molar-refractivity contribution in [2.45, 2.75) is 13.1 Å². The van der Waals surface area contributed by atoms with Crippen LogP contribution < -0.4 is 10.6 Å². The molecule has 4 rings (SSSR count). The van der Waals surface area contributed by atoms with Gasteiger partial charge in [0.2, 0.25) is 0 Å². The summed E-state index contributed by atoms with van der Waals surface area (Å²) in [6.07, 6.45) is 1.21. The van der Waals surface area contributed by atoms with E-state index in [1.165, 1.54) is 7.11 Å². The van der Waals surface area contributed by atoms with Crippen molar-refractivity contribution in [1.29, 1.82) is 5.41 Å². The Bertz CT molecular complexity index is 1290. The molecule has 0 unspecified atom stereocenters. The standard InChI is InChI=1S/C26H24N4O3/c1-33-26(32)29-24(27)20-13-11-18(12-14-20)15-28-25(31)22-17-30(16-19-7-3-2-4-8-19)23-10-6-5-9-21(22)23/h2-14,17H,15-16H2,1H3,(H,28,31)(H2,27,29,32). The number of nitrogens with zero attached hydrogens (tertiary/aromatic N) is 1. The molecule has 0 fully saturated rings. The first-order chi connectivity index (χ1) is 16.0. The summed E-state index contributed by atoms with van der Waals surface area (Å²) in [5.41, 5.74) is 4.22. The Morgan fingerprint density at radius 2 is 1.61 bits per heavy atom. The van der Waals surface area contributed by atoms with Crippen LogP contribution in [0.3, 0.4) is 0 Å². The summed E-state index contributed by atoms with van der Waals surface area (Å²) in [5.74, 6) is -0.203. The Morgan fingerprint density at radius 1 is 0.909 bits per heavy atom. The summed E-state index contributed by atoms with van der Waals surface area (Å²) in [4.78, 5) is 24.3. The SMILES string of the molecule is COC(=O)NC(=N)c1ccc(CNC(=O)c2cn(Cc3ccccc3)c3ccccc23)cc1. The number of fused-ring (bicyclic) bond motifs is 1. The van der Waals surface area contributed by atoms with Crippen molar-refractivity contribution in [3.05, 3.63) is 107 Å². The highest BCUT2D eigenvalue weighted by atomic mass is 16.5. The molecular weight excluding hydrogens is 416 g/mol. The topological polar surface area (TPSA) is 96.2 Å². The first-order valence-corrected chi connectivity index (χ1v) is 10.5. The third kappa shape index (κ3) is 5.10. The van der Waals surface area contributed by atoms with Gasteiger partial charge in [-0.3, -0.25) is 15.5 Å². The summed E-state index contributed by atoms with van der Waals surface area (Å²) in [5, 5.41) is 14.1. The second-order valence-corrected chi connectivity index (χ2v) is 7.54. The van der Waals surface area contributed by atoms with Crippen LogP contribution >= 0.6 is 0 Å². The monoisotopic (exact) mass is 440 g/mol. The van der Waals surface area contributed by atoms with Crippen molar-refractivity contribution in [3.8, 4) is 0 Å². The van der Waals surface area contributed by atoms with Crippen LogP contribution in [0.5, 0.6) is 0 Å². The smallest absolute Gasteiger partial charge is 0.412 e. The van der Waals surface area contributed by atoms with E-state index in [1.54, 1.807) is 12.1 Å². The van der Waals surface area contributed by atoms with E-state index < -0.39 is 6.09 Å². The quantitative estimate of drug-likeness (QED) is 0.308. The van der Waals surface area contributed by atoms with Crippen LogP contribution in [-0.2, 0) is 17.8 Å². The van der Waals surface area contributed by atoms with E-state index in [-0.39, 0.29) is 11.7 Å². The molecule has 0 aliphatic carbocycles. The van der Waals surface area contributed by atoms with Crippen LogP contribution in [0.25, 0.3) is 10.9 Å². The van der Waals surface area contributed by atoms with Gasteiger partial charge in [0, 0.05) is 35.8 Å². The summed E-state index contributed by atoms with van der Waals surface area (Å²) >= 11 is 0. The molecule has 0 aliphatic rings. The zero-order valence-electron chi connectivity index (χ0n) is 18.2. The van der Waals surface area contributed by atoms with Crippen LogP contribution in [0.1, 0.15) is 27.0 Å². The first-order valence-electron chi connectivity index (χ1n) is 10.5. The van der Waals surface area contributed by atoms with Crippen molar-refractivity contribution < 1.29 is 14.3 Å². The van der Waals surface area contributed by atoms with Crippen LogP contribution in [0.15, 0.2) is 85.1 Å². The van der Waals surface area contributed by atoms with Gasteiger partial charge in [0.15, 0.2) is 0 Å². The summed E-state index contributed by atoms with van der Waals surface area (Å²) in [6, 6.07) is 25.1. The molecule has 33 heavy (non-hydrogen) atoms. The lowest BCUT2D eigenvalue weighted by atomic mass is 10.1. The number of rotatable bonds is 6. The number of methoxy groups -OCH3 is 1. The third-order valence-electron chi connectivity index (χ3n) is 5.34. The number of benzene rings is 3. The Labute approximate surface area is 191 Å².